The third-order valence-electron chi connectivity index (χ3n) is 3.12. The molecule has 132 valence electrons. The molecular weight excluding hydrogens is 296 g/mol. The van der Waals surface area contributed by atoms with Crippen LogP contribution in [0.5, 0.6) is 0 Å². The Hall–Kier alpha value is -2.09. The standard InChI is InChI=1S/C22H32O2/c1-2-3-4-5-6-7-8-9-10-11-12-13-14-15-16-17-18-19-20-21-22(23)24/h3-4,6-7,9-10,12-13,15-16,18-19H,2,5,8,11,14,17,20-21H2,1H3,(H,23,24)/b4-3-,7-6+,10-9+,13-12+,16-15-,19-18+. The van der Waals surface area contributed by atoms with E-state index in [2.05, 4.69) is 67.7 Å². The molecule has 0 fully saturated rings. The first-order valence-electron chi connectivity index (χ1n) is 8.89. The topological polar surface area (TPSA) is 37.3 Å². The number of allylic oxidation sites excluding steroid dienone is 12. The van der Waals surface area contributed by atoms with Crippen molar-refractivity contribution in [3.63, 3.8) is 0 Å². The fourth-order valence-corrected chi connectivity index (χ4v) is 1.85. The molecule has 0 aliphatic heterocycles. The first-order valence-corrected chi connectivity index (χ1v) is 8.89. The van der Waals surface area contributed by atoms with Crippen molar-refractivity contribution in [3.05, 3.63) is 72.9 Å². The van der Waals surface area contributed by atoms with Gasteiger partial charge in [-0.1, -0.05) is 79.8 Å². The van der Waals surface area contributed by atoms with Crippen LogP contribution in [0.4, 0.5) is 0 Å². The van der Waals surface area contributed by atoms with E-state index in [1.807, 2.05) is 12.2 Å². The molecule has 0 aromatic heterocycles. The van der Waals surface area contributed by atoms with Crippen molar-refractivity contribution >= 4 is 5.97 Å². The van der Waals surface area contributed by atoms with Gasteiger partial charge in [-0.15, -0.1) is 0 Å². The van der Waals surface area contributed by atoms with Gasteiger partial charge in [0.25, 0.3) is 0 Å². The highest BCUT2D eigenvalue weighted by atomic mass is 16.4. The summed E-state index contributed by atoms with van der Waals surface area (Å²) >= 11 is 0. The maximum atomic E-state index is 10.3. The lowest BCUT2D eigenvalue weighted by Gasteiger charge is -1.87. The van der Waals surface area contributed by atoms with Crippen molar-refractivity contribution in [2.24, 2.45) is 0 Å². The number of aliphatic carboxylic acids is 1. The molecule has 0 aromatic carbocycles. The van der Waals surface area contributed by atoms with Gasteiger partial charge in [0.1, 0.15) is 0 Å². The molecule has 0 aromatic rings. The lowest BCUT2D eigenvalue weighted by Crippen LogP contribution is -1.91. The Bertz CT molecular complexity index is 462. The number of hydrogen-bond acceptors (Lipinski definition) is 1. The van der Waals surface area contributed by atoms with Crippen LogP contribution in [0.2, 0.25) is 0 Å². The zero-order chi connectivity index (χ0) is 17.7. The van der Waals surface area contributed by atoms with Gasteiger partial charge >= 0.3 is 5.97 Å². The third kappa shape index (κ3) is 19.9. The van der Waals surface area contributed by atoms with Gasteiger partial charge in [0.15, 0.2) is 0 Å². The fraction of sp³-hybridized carbons (Fsp3) is 0.409. The van der Waals surface area contributed by atoms with Crippen LogP contribution in [-0.4, -0.2) is 11.1 Å². The van der Waals surface area contributed by atoms with Gasteiger partial charge in [-0.3, -0.25) is 4.79 Å². The first-order chi connectivity index (χ1) is 11.8. The van der Waals surface area contributed by atoms with Crippen LogP contribution < -0.4 is 0 Å². The number of carboxylic acids is 1. The summed E-state index contributed by atoms with van der Waals surface area (Å²) in [5.41, 5.74) is 0. The van der Waals surface area contributed by atoms with E-state index >= 15 is 0 Å². The fourth-order valence-electron chi connectivity index (χ4n) is 1.85. The Morgan fingerprint density at radius 1 is 0.625 bits per heavy atom. The third-order valence-corrected chi connectivity index (χ3v) is 3.12. The normalized spacial score (nSPS) is 13.0. The van der Waals surface area contributed by atoms with Crippen LogP contribution in [0.1, 0.15) is 58.3 Å². The summed E-state index contributed by atoms with van der Waals surface area (Å²) in [6.45, 7) is 2.15. The van der Waals surface area contributed by atoms with Gasteiger partial charge < -0.3 is 5.11 Å². The minimum Gasteiger partial charge on any atom is -0.481 e. The first kappa shape index (κ1) is 21.9. The van der Waals surface area contributed by atoms with Gasteiger partial charge in [-0.25, -0.2) is 0 Å². The van der Waals surface area contributed by atoms with Crippen molar-refractivity contribution in [1.29, 1.82) is 0 Å². The molecule has 1 N–H and O–H groups in total. The highest BCUT2D eigenvalue weighted by Gasteiger charge is 1.90. The van der Waals surface area contributed by atoms with E-state index in [1.54, 1.807) is 0 Å². The molecule has 2 heteroatoms. The number of carboxylic acid groups (broad SMARTS) is 1. The molecule has 24 heavy (non-hydrogen) atoms. The van der Waals surface area contributed by atoms with Crippen molar-refractivity contribution in [3.8, 4) is 0 Å². The molecule has 0 atom stereocenters. The predicted molar refractivity (Wildman–Crippen MR) is 105 cm³/mol. The van der Waals surface area contributed by atoms with Gasteiger partial charge in [0.05, 0.1) is 0 Å². The Labute approximate surface area is 147 Å². The highest BCUT2D eigenvalue weighted by Crippen LogP contribution is 1.97. The van der Waals surface area contributed by atoms with Crippen molar-refractivity contribution in [2.75, 3.05) is 0 Å². The van der Waals surface area contributed by atoms with E-state index in [0.717, 1.165) is 38.5 Å². The lowest BCUT2D eigenvalue weighted by molar-refractivity contribution is -0.136. The number of rotatable bonds is 14. The maximum absolute atomic E-state index is 10.3. The summed E-state index contributed by atoms with van der Waals surface area (Å²) in [6.07, 6.45) is 32.5. The molecule has 0 bridgehead atoms. The molecule has 0 unspecified atom stereocenters. The molecule has 0 heterocycles. The summed E-state index contributed by atoms with van der Waals surface area (Å²) in [4.78, 5) is 10.3. The van der Waals surface area contributed by atoms with Crippen molar-refractivity contribution < 1.29 is 9.90 Å². The van der Waals surface area contributed by atoms with E-state index in [1.165, 1.54) is 0 Å². The molecule has 0 aliphatic carbocycles. The second-order valence-electron chi connectivity index (χ2n) is 5.35. The smallest absolute Gasteiger partial charge is 0.303 e. The van der Waals surface area contributed by atoms with Gasteiger partial charge in [0.2, 0.25) is 0 Å². The zero-order valence-electron chi connectivity index (χ0n) is 14.9. The SMILES string of the molecule is CC/C=C\C/C=C/C/C=C/C/C=C/C/C=C\C/C=C/CCC(=O)O. The maximum Gasteiger partial charge on any atom is 0.303 e. The molecule has 0 saturated heterocycles. The number of carbonyl (C=O) groups is 1. The molecule has 0 saturated carbocycles. The van der Waals surface area contributed by atoms with Crippen LogP contribution in [0.3, 0.4) is 0 Å². The highest BCUT2D eigenvalue weighted by molar-refractivity contribution is 5.66. The zero-order valence-corrected chi connectivity index (χ0v) is 14.9. The van der Waals surface area contributed by atoms with E-state index in [0.29, 0.717) is 6.42 Å². The molecule has 2 nitrogen and oxygen atoms in total. The minimum absolute atomic E-state index is 0.210. The summed E-state index contributed by atoms with van der Waals surface area (Å²) in [5, 5.41) is 8.49. The molecule has 0 spiro atoms. The van der Waals surface area contributed by atoms with Gasteiger partial charge in [-0.2, -0.15) is 0 Å². The second-order valence-corrected chi connectivity index (χ2v) is 5.35. The molecule has 0 amide bonds. The summed E-state index contributed by atoms with van der Waals surface area (Å²) in [5.74, 6) is -0.741. The molecule has 0 rings (SSSR count). The molecule has 0 aliphatic rings. The van der Waals surface area contributed by atoms with Gasteiger partial charge in [0, 0.05) is 6.42 Å². The number of hydrogen-bond donors (Lipinski definition) is 1. The van der Waals surface area contributed by atoms with Crippen molar-refractivity contribution in [1.82, 2.24) is 0 Å². The Balaban J connectivity index is 3.51. The van der Waals surface area contributed by atoms with E-state index in [9.17, 15) is 4.79 Å². The van der Waals surface area contributed by atoms with Crippen molar-refractivity contribution in [2.45, 2.75) is 58.3 Å². The monoisotopic (exact) mass is 328 g/mol. The second kappa shape index (κ2) is 19.0. The van der Waals surface area contributed by atoms with Crippen LogP contribution in [0, 0.1) is 0 Å². The quantitative estimate of drug-likeness (QED) is 0.367. The molecule has 0 radical (unpaired) electrons. The molecular formula is C22H32O2. The lowest BCUT2D eigenvalue weighted by atomic mass is 10.2. The summed E-state index contributed by atoms with van der Waals surface area (Å²) in [7, 11) is 0. The van der Waals surface area contributed by atoms with Crippen LogP contribution in [0.15, 0.2) is 72.9 Å². The van der Waals surface area contributed by atoms with E-state index in [-0.39, 0.29) is 6.42 Å². The average Bonchev–Trinajstić information content (AvgIpc) is 2.56. The minimum atomic E-state index is -0.741. The predicted octanol–water partition coefficient (Wildman–Crippen LogP) is 6.55. The van der Waals surface area contributed by atoms with Crippen LogP contribution in [0.25, 0.3) is 0 Å². The Morgan fingerprint density at radius 2 is 0.958 bits per heavy atom. The summed E-state index contributed by atoms with van der Waals surface area (Å²) in [6, 6.07) is 0. The average molecular weight is 328 g/mol. The Kier molecular flexibility index (Phi) is 17.3. The van der Waals surface area contributed by atoms with Crippen LogP contribution >= 0.6 is 0 Å². The largest absolute Gasteiger partial charge is 0.481 e. The Morgan fingerprint density at radius 3 is 1.29 bits per heavy atom. The van der Waals surface area contributed by atoms with Crippen LogP contribution in [-0.2, 0) is 4.79 Å². The summed E-state index contributed by atoms with van der Waals surface area (Å²) < 4.78 is 0. The van der Waals surface area contributed by atoms with Gasteiger partial charge in [-0.05, 0) is 44.9 Å². The van der Waals surface area contributed by atoms with E-state index < -0.39 is 5.97 Å². The van der Waals surface area contributed by atoms with E-state index in [4.69, 9.17) is 5.11 Å².